The number of fused-ring (bicyclic) bond motifs is 2. The second-order valence-corrected chi connectivity index (χ2v) is 9.81. The standard InChI is InChI=1S/C30H22ClN5O3/c31-21-8-11-24-20(14-21)15-27(37)26(16-22-4-1-2-12-32-22)35(29(24)38)17-19-6-9-23(10-7-19)36-18-34-25-5-3-13-33-28(25)30(36)39/h1-14,18,26H,15-17H2/t26-/m1/s1. The van der Waals surface area contributed by atoms with Crippen molar-refractivity contribution >= 4 is 34.3 Å². The van der Waals surface area contributed by atoms with Crippen LogP contribution in [0.4, 0.5) is 0 Å². The molecular weight excluding hydrogens is 514 g/mol. The van der Waals surface area contributed by atoms with Crippen LogP contribution in [0.5, 0.6) is 0 Å². The normalized spacial score (nSPS) is 15.3. The first kappa shape index (κ1) is 24.6. The molecule has 2 aromatic carbocycles. The lowest BCUT2D eigenvalue weighted by Crippen LogP contribution is -2.44. The maximum Gasteiger partial charge on any atom is 0.284 e. The highest BCUT2D eigenvalue weighted by atomic mass is 35.5. The molecule has 0 fully saturated rings. The Balaban J connectivity index is 1.34. The predicted octanol–water partition coefficient (Wildman–Crippen LogP) is 4.21. The Labute approximate surface area is 228 Å². The Bertz CT molecular complexity index is 1770. The lowest BCUT2D eigenvalue weighted by molar-refractivity contribution is -0.122. The minimum atomic E-state index is -0.698. The van der Waals surface area contributed by atoms with E-state index in [0.717, 1.165) is 11.3 Å². The summed E-state index contributed by atoms with van der Waals surface area (Å²) in [5.41, 5.74) is 3.79. The smallest absolute Gasteiger partial charge is 0.284 e. The minimum Gasteiger partial charge on any atom is -0.324 e. The predicted molar refractivity (Wildman–Crippen MR) is 147 cm³/mol. The van der Waals surface area contributed by atoms with Crippen molar-refractivity contribution in [2.24, 2.45) is 0 Å². The van der Waals surface area contributed by atoms with E-state index >= 15 is 0 Å². The van der Waals surface area contributed by atoms with Crippen LogP contribution in [0.2, 0.25) is 5.02 Å². The zero-order valence-corrected chi connectivity index (χ0v) is 21.5. The molecule has 0 radical (unpaired) electrons. The molecule has 4 heterocycles. The average Bonchev–Trinajstić information content (AvgIpc) is 3.04. The number of ketones is 1. The van der Waals surface area contributed by atoms with Crippen molar-refractivity contribution in [1.29, 1.82) is 0 Å². The van der Waals surface area contributed by atoms with Gasteiger partial charge in [-0.05, 0) is 65.7 Å². The Morgan fingerprint density at radius 3 is 2.49 bits per heavy atom. The molecule has 1 amide bonds. The number of aromatic nitrogens is 4. The highest BCUT2D eigenvalue weighted by Crippen LogP contribution is 2.27. The number of carbonyl (C=O) groups excluding carboxylic acids is 2. The fraction of sp³-hybridized carbons (Fsp3) is 0.133. The summed E-state index contributed by atoms with van der Waals surface area (Å²) < 4.78 is 1.43. The van der Waals surface area contributed by atoms with E-state index in [9.17, 15) is 14.4 Å². The number of amides is 1. The summed E-state index contributed by atoms with van der Waals surface area (Å²) >= 11 is 6.19. The summed E-state index contributed by atoms with van der Waals surface area (Å²) in [6.07, 6.45) is 5.13. The van der Waals surface area contributed by atoms with Crippen LogP contribution in [0.3, 0.4) is 0 Å². The summed E-state index contributed by atoms with van der Waals surface area (Å²) in [4.78, 5) is 54.8. The van der Waals surface area contributed by atoms with Crippen molar-refractivity contribution in [3.63, 3.8) is 0 Å². The van der Waals surface area contributed by atoms with Gasteiger partial charge in [0.25, 0.3) is 11.5 Å². The lowest BCUT2D eigenvalue weighted by atomic mass is 9.99. The molecule has 0 N–H and O–H groups in total. The SMILES string of the molecule is O=C1Cc2cc(Cl)ccc2C(=O)N(Cc2ccc(-n3cnc4cccnc4c3=O)cc2)[C@@H]1Cc1ccccn1. The van der Waals surface area contributed by atoms with Gasteiger partial charge in [-0.25, -0.2) is 9.97 Å². The number of carbonyl (C=O) groups is 2. The van der Waals surface area contributed by atoms with Gasteiger partial charge in [0.05, 0.1) is 17.2 Å². The van der Waals surface area contributed by atoms with Crippen molar-refractivity contribution in [2.75, 3.05) is 0 Å². The summed E-state index contributed by atoms with van der Waals surface area (Å²) in [6, 6.07) is 20.6. The second kappa shape index (κ2) is 10.2. The van der Waals surface area contributed by atoms with Crippen molar-refractivity contribution < 1.29 is 9.59 Å². The lowest BCUT2D eigenvalue weighted by Gasteiger charge is -2.29. The van der Waals surface area contributed by atoms with Gasteiger partial charge in [0.15, 0.2) is 11.3 Å². The molecule has 192 valence electrons. The van der Waals surface area contributed by atoms with E-state index in [2.05, 4.69) is 15.0 Å². The molecule has 1 atom stereocenters. The molecule has 0 saturated carbocycles. The molecule has 0 bridgehead atoms. The number of hydrogen-bond donors (Lipinski definition) is 0. The molecule has 0 spiro atoms. The highest BCUT2D eigenvalue weighted by Gasteiger charge is 2.35. The van der Waals surface area contributed by atoms with Gasteiger partial charge in [0, 0.05) is 48.1 Å². The molecule has 3 aromatic heterocycles. The van der Waals surface area contributed by atoms with Crippen LogP contribution in [0.15, 0.2) is 96.3 Å². The fourth-order valence-corrected chi connectivity index (χ4v) is 5.11. The Hall–Kier alpha value is -4.69. The highest BCUT2D eigenvalue weighted by molar-refractivity contribution is 6.30. The topological polar surface area (TPSA) is 98.0 Å². The van der Waals surface area contributed by atoms with Crippen LogP contribution in [0.1, 0.15) is 27.2 Å². The van der Waals surface area contributed by atoms with Crippen molar-refractivity contribution in [1.82, 2.24) is 24.4 Å². The van der Waals surface area contributed by atoms with Crippen LogP contribution in [-0.2, 0) is 24.2 Å². The summed E-state index contributed by atoms with van der Waals surface area (Å²) in [7, 11) is 0. The van der Waals surface area contributed by atoms with Crippen LogP contribution < -0.4 is 5.56 Å². The van der Waals surface area contributed by atoms with Crippen LogP contribution in [-0.4, -0.2) is 42.2 Å². The first-order valence-corrected chi connectivity index (χ1v) is 12.8. The first-order valence-electron chi connectivity index (χ1n) is 12.4. The van der Waals surface area contributed by atoms with E-state index in [0.29, 0.717) is 33.8 Å². The molecule has 9 heteroatoms. The van der Waals surface area contributed by atoms with Gasteiger partial charge in [-0.2, -0.15) is 0 Å². The number of benzene rings is 2. The van der Waals surface area contributed by atoms with Gasteiger partial charge >= 0.3 is 0 Å². The van der Waals surface area contributed by atoms with Crippen molar-refractivity contribution in [2.45, 2.75) is 25.4 Å². The third-order valence-corrected chi connectivity index (χ3v) is 7.12. The summed E-state index contributed by atoms with van der Waals surface area (Å²) in [5.74, 6) is -0.313. The zero-order valence-electron chi connectivity index (χ0n) is 20.7. The van der Waals surface area contributed by atoms with E-state index in [-0.39, 0.29) is 35.7 Å². The monoisotopic (exact) mass is 535 g/mol. The third kappa shape index (κ3) is 4.82. The van der Waals surface area contributed by atoms with Crippen molar-refractivity contribution in [3.05, 3.63) is 129 Å². The van der Waals surface area contributed by atoms with Gasteiger partial charge in [-0.1, -0.05) is 29.8 Å². The largest absolute Gasteiger partial charge is 0.324 e. The molecule has 1 aliphatic rings. The molecule has 5 aromatic rings. The number of halogens is 1. The van der Waals surface area contributed by atoms with Gasteiger partial charge in [0.2, 0.25) is 0 Å². The van der Waals surface area contributed by atoms with Crippen LogP contribution in [0, 0.1) is 0 Å². The minimum absolute atomic E-state index is 0.0760. The summed E-state index contributed by atoms with van der Waals surface area (Å²) in [5, 5.41) is 0.480. The molecule has 0 saturated heterocycles. The van der Waals surface area contributed by atoms with Crippen LogP contribution in [0.25, 0.3) is 16.7 Å². The Kier molecular flexibility index (Phi) is 6.46. The second-order valence-electron chi connectivity index (χ2n) is 9.38. The Morgan fingerprint density at radius 1 is 0.872 bits per heavy atom. The molecule has 1 aliphatic heterocycles. The van der Waals surface area contributed by atoms with E-state index in [1.54, 1.807) is 59.8 Å². The van der Waals surface area contributed by atoms with Gasteiger partial charge < -0.3 is 4.90 Å². The number of nitrogens with zero attached hydrogens (tertiary/aromatic N) is 5. The molecule has 0 aliphatic carbocycles. The fourth-order valence-electron chi connectivity index (χ4n) is 4.91. The van der Waals surface area contributed by atoms with Gasteiger partial charge in [-0.15, -0.1) is 0 Å². The van der Waals surface area contributed by atoms with Crippen LogP contribution >= 0.6 is 11.6 Å². The van der Waals surface area contributed by atoms with E-state index in [4.69, 9.17) is 11.6 Å². The molecular formula is C30H22ClN5O3. The van der Waals surface area contributed by atoms with E-state index in [1.807, 2.05) is 30.3 Å². The van der Waals surface area contributed by atoms with Crippen molar-refractivity contribution in [3.8, 4) is 5.69 Å². The number of pyridine rings is 2. The number of hydrogen-bond acceptors (Lipinski definition) is 6. The van der Waals surface area contributed by atoms with Gasteiger partial charge in [0.1, 0.15) is 6.33 Å². The molecule has 39 heavy (non-hydrogen) atoms. The first-order chi connectivity index (χ1) is 19.0. The van der Waals surface area contributed by atoms with E-state index in [1.165, 1.54) is 10.9 Å². The van der Waals surface area contributed by atoms with E-state index < -0.39 is 6.04 Å². The quantitative estimate of drug-likeness (QED) is 0.334. The maximum absolute atomic E-state index is 13.8. The number of rotatable bonds is 5. The molecule has 6 rings (SSSR count). The average molecular weight is 536 g/mol. The zero-order chi connectivity index (χ0) is 26.9. The third-order valence-electron chi connectivity index (χ3n) is 6.89. The molecule has 8 nitrogen and oxygen atoms in total. The van der Waals surface area contributed by atoms with Gasteiger partial charge in [-0.3, -0.25) is 23.9 Å². The maximum atomic E-state index is 13.8. The number of Topliss-reactive ketones (excluding diaryl/α,β-unsaturated/α-hetero) is 1. The molecule has 0 unspecified atom stereocenters. The summed E-state index contributed by atoms with van der Waals surface area (Å²) in [6.45, 7) is 0.205. The Morgan fingerprint density at radius 2 is 1.69 bits per heavy atom.